The summed E-state index contributed by atoms with van der Waals surface area (Å²) in [6.07, 6.45) is 0.226. The number of carbonyl (C=O) groups excluding carboxylic acids is 1. The standard InChI is InChI=1S/C13H15FN2O4S/c14-11-5-4-10(3-1-2-7-17)12(9-11)13(18)16-6-8-21(15,19)20/h4-5,9,17H,2,6-8H2,(H,16,18)(H2,15,19,20). The van der Waals surface area contributed by atoms with E-state index in [9.17, 15) is 17.6 Å². The second-order valence-corrected chi connectivity index (χ2v) is 5.82. The maximum Gasteiger partial charge on any atom is 0.252 e. The molecule has 0 radical (unpaired) electrons. The molecular weight excluding hydrogens is 299 g/mol. The smallest absolute Gasteiger partial charge is 0.252 e. The van der Waals surface area contributed by atoms with E-state index in [2.05, 4.69) is 17.2 Å². The summed E-state index contributed by atoms with van der Waals surface area (Å²) < 4.78 is 34.8. The number of nitrogens with two attached hydrogens (primary N) is 1. The highest BCUT2D eigenvalue weighted by atomic mass is 32.2. The van der Waals surface area contributed by atoms with Gasteiger partial charge in [0, 0.05) is 18.5 Å². The third-order valence-electron chi connectivity index (χ3n) is 2.36. The predicted molar refractivity (Wildman–Crippen MR) is 75.3 cm³/mol. The molecule has 114 valence electrons. The minimum Gasteiger partial charge on any atom is -0.395 e. The number of sulfonamides is 1. The van der Waals surface area contributed by atoms with Crippen LogP contribution in [0.2, 0.25) is 0 Å². The number of benzene rings is 1. The number of carbonyl (C=O) groups is 1. The minimum atomic E-state index is -3.68. The van der Waals surface area contributed by atoms with Crippen LogP contribution in [0.5, 0.6) is 0 Å². The fourth-order valence-electron chi connectivity index (χ4n) is 1.43. The number of primary sulfonamides is 1. The molecule has 0 saturated carbocycles. The van der Waals surface area contributed by atoms with Crippen molar-refractivity contribution in [3.8, 4) is 11.8 Å². The largest absolute Gasteiger partial charge is 0.395 e. The molecular formula is C13H15FN2O4S. The number of nitrogens with one attached hydrogen (secondary N) is 1. The van der Waals surface area contributed by atoms with E-state index in [4.69, 9.17) is 10.2 Å². The quantitative estimate of drug-likeness (QED) is 0.641. The molecule has 0 saturated heterocycles. The summed E-state index contributed by atoms with van der Waals surface area (Å²) in [5, 5.41) is 15.8. The summed E-state index contributed by atoms with van der Waals surface area (Å²) in [4.78, 5) is 11.9. The van der Waals surface area contributed by atoms with Crippen molar-refractivity contribution in [2.24, 2.45) is 5.14 Å². The Bertz CT molecular complexity index is 677. The summed E-state index contributed by atoms with van der Waals surface area (Å²) in [6, 6.07) is 3.51. The number of aliphatic hydroxyl groups excluding tert-OH is 1. The van der Waals surface area contributed by atoms with Crippen molar-refractivity contribution < 1.29 is 22.7 Å². The van der Waals surface area contributed by atoms with Gasteiger partial charge in [-0.1, -0.05) is 11.8 Å². The number of aliphatic hydroxyl groups is 1. The van der Waals surface area contributed by atoms with E-state index in [0.717, 1.165) is 12.1 Å². The fraction of sp³-hybridized carbons (Fsp3) is 0.308. The molecule has 0 heterocycles. The first kappa shape index (κ1) is 17.1. The second-order valence-electron chi connectivity index (χ2n) is 4.09. The van der Waals surface area contributed by atoms with Crippen LogP contribution in [0, 0.1) is 17.7 Å². The highest BCUT2D eigenvalue weighted by Gasteiger charge is 2.12. The highest BCUT2D eigenvalue weighted by Crippen LogP contribution is 2.10. The van der Waals surface area contributed by atoms with Gasteiger partial charge in [0.15, 0.2) is 0 Å². The minimum absolute atomic E-state index is 0.00476. The molecule has 21 heavy (non-hydrogen) atoms. The van der Waals surface area contributed by atoms with Crippen molar-refractivity contribution in [2.45, 2.75) is 6.42 Å². The van der Waals surface area contributed by atoms with Crippen molar-refractivity contribution in [1.82, 2.24) is 5.32 Å². The van der Waals surface area contributed by atoms with Crippen LogP contribution in [0.15, 0.2) is 18.2 Å². The lowest BCUT2D eigenvalue weighted by atomic mass is 10.1. The number of rotatable bonds is 5. The zero-order valence-corrected chi connectivity index (χ0v) is 11.9. The van der Waals surface area contributed by atoms with E-state index in [1.807, 2.05) is 0 Å². The Hall–Kier alpha value is -1.95. The Morgan fingerprint density at radius 2 is 2.14 bits per heavy atom. The predicted octanol–water partition coefficient (Wildman–Crippen LogP) is -0.422. The van der Waals surface area contributed by atoms with E-state index in [-0.39, 0.29) is 30.7 Å². The Morgan fingerprint density at radius 1 is 1.43 bits per heavy atom. The van der Waals surface area contributed by atoms with Crippen LogP contribution in [0.4, 0.5) is 4.39 Å². The molecule has 0 aliphatic carbocycles. The molecule has 1 amide bonds. The zero-order chi connectivity index (χ0) is 15.9. The molecule has 0 aromatic heterocycles. The topological polar surface area (TPSA) is 109 Å². The van der Waals surface area contributed by atoms with E-state index in [1.54, 1.807) is 0 Å². The first-order valence-corrected chi connectivity index (χ1v) is 7.73. The average molecular weight is 314 g/mol. The SMILES string of the molecule is NS(=O)(=O)CCNC(=O)c1cc(F)ccc1C#CCCO. The lowest BCUT2D eigenvalue weighted by Crippen LogP contribution is -2.31. The first-order valence-electron chi connectivity index (χ1n) is 6.01. The Balaban J connectivity index is 2.87. The maximum atomic E-state index is 13.2. The van der Waals surface area contributed by atoms with Gasteiger partial charge in [0.25, 0.3) is 5.91 Å². The Kier molecular flexibility index (Phi) is 6.30. The molecule has 0 atom stereocenters. The van der Waals surface area contributed by atoms with Gasteiger partial charge < -0.3 is 10.4 Å². The summed E-state index contributed by atoms with van der Waals surface area (Å²) in [5.74, 6) is 3.60. The Labute approximate surface area is 122 Å². The van der Waals surface area contributed by atoms with Gasteiger partial charge in [-0.25, -0.2) is 17.9 Å². The van der Waals surface area contributed by atoms with Crippen LogP contribution >= 0.6 is 0 Å². The average Bonchev–Trinajstić information content (AvgIpc) is 2.39. The van der Waals surface area contributed by atoms with Crippen LogP contribution in [-0.4, -0.2) is 38.3 Å². The van der Waals surface area contributed by atoms with Gasteiger partial charge in [0.1, 0.15) is 5.82 Å². The third kappa shape index (κ3) is 6.35. The van der Waals surface area contributed by atoms with Gasteiger partial charge in [-0.3, -0.25) is 4.79 Å². The summed E-state index contributed by atoms with van der Waals surface area (Å²) in [5.41, 5.74) is 0.285. The lowest BCUT2D eigenvalue weighted by Gasteiger charge is -2.06. The molecule has 1 aromatic carbocycles. The van der Waals surface area contributed by atoms with Crippen LogP contribution in [0.1, 0.15) is 22.3 Å². The first-order chi connectivity index (χ1) is 9.83. The molecule has 1 rings (SSSR count). The zero-order valence-electron chi connectivity index (χ0n) is 11.1. The lowest BCUT2D eigenvalue weighted by molar-refractivity contribution is 0.0955. The van der Waals surface area contributed by atoms with E-state index < -0.39 is 27.5 Å². The molecule has 0 bridgehead atoms. The third-order valence-corrected chi connectivity index (χ3v) is 3.13. The molecule has 8 heteroatoms. The van der Waals surface area contributed by atoms with E-state index in [1.165, 1.54) is 6.07 Å². The number of hydrogen-bond acceptors (Lipinski definition) is 4. The van der Waals surface area contributed by atoms with Crippen LogP contribution in [0.25, 0.3) is 0 Å². The Morgan fingerprint density at radius 3 is 2.76 bits per heavy atom. The van der Waals surface area contributed by atoms with Crippen molar-refractivity contribution in [1.29, 1.82) is 0 Å². The van der Waals surface area contributed by atoms with E-state index in [0.29, 0.717) is 0 Å². The van der Waals surface area contributed by atoms with Gasteiger partial charge in [0.2, 0.25) is 10.0 Å². The summed E-state index contributed by atoms with van der Waals surface area (Å²) >= 11 is 0. The van der Waals surface area contributed by atoms with Crippen LogP contribution in [0.3, 0.4) is 0 Å². The molecule has 0 unspecified atom stereocenters. The van der Waals surface area contributed by atoms with Gasteiger partial charge in [-0.15, -0.1) is 0 Å². The molecule has 0 fully saturated rings. The molecule has 6 nitrogen and oxygen atoms in total. The van der Waals surface area contributed by atoms with Gasteiger partial charge in [-0.2, -0.15) is 0 Å². The van der Waals surface area contributed by atoms with E-state index >= 15 is 0 Å². The summed E-state index contributed by atoms with van der Waals surface area (Å²) in [7, 11) is -3.68. The highest BCUT2D eigenvalue weighted by molar-refractivity contribution is 7.89. The van der Waals surface area contributed by atoms with Crippen LogP contribution < -0.4 is 10.5 Å². The maximum absolute atomic E-state index is 13.2. The van der Waals surface area contributed by atoms with Crippen molar-refractivity contribution in [3.05, 3.63) is 35.1 Å². The van der Waals surface area contributed by atoms with Crippen molar-refractivity contribution in [2.75, 3.05) is 18.9 Å². The second kappa shape index (κ2) is 7.73. The van der Waals surface area contributed by atoms with Crippen LogP contribution in [-0.2, 0) is 10.0 Å². The van der Waals surface area contributed by atoms with Crippen molar-refractivity contribution in [3.63, 3.8) is 0 Å². The molecule has 0 spiro atoms. The molecule has 1 aromatic rings. The number of amides is 1. The normalized spacial score (nSPS) is 10.6. The van der Waals surface area contributed by atoms with Crippen molar-refractivity contribution >= 4 is 15.9 Å². The fourth-order valence-corrected chi connectivity index (χ4v) is 1.82. The molecule has 4 N–H and O–H groups in total. The van der Waals surface area contributed by atoms with Gasteiger partial charge >= 0.3 is 0 Å². The number of hydrogen-bond donors (Lipinski definition) is 3. The molecule has 0 aliphatic rings. The molecule has 0 aliphatic heterocycles. The number of halogens is 1. The van der Waals surface area contributed by atoms with Gasteiger partial charge in [-0.05, 0) is 18.2 Å². The monoisotopic (exact) mass is 314 g/mol. The summed E-state index contributed by atoms with van der Waals surface area (Å²) in [6.45, 7) is -0.304. The van der Waals surface area contributed by atoms with Gasteiger partial charge in [0.05, 0.1) is 17.9 Å².